The molecule has 0 aromatic heterocycles. The number of piperidine rings is 1. The molecular weight excluding hydrogens is 208 g/mol. The van der Waals surface area contributed by atoms with E-state index in [4.69, 9.17) is 4.99 Å². The van der Waals surface area contributed by atoms with Crippen molar-refractivity contribution in [2.75, 3.05) is 6.54 Å². The van der Waals surface area contributed by atoms with Crippen molar-refractivity contribution in [1.29, 1.82) is 0 Å². The van der Waals surface area contributed by atoms with Gasteiger partial charge in [0.2, 0.25) is 0 Å². The zero-order valence-electron chi connectivity index (χ0n) is 11.6. The summed E-state index contributed by atoms with van der Waals surface area (Å²) < 4.78 is 0. The monoisotopic (exact) mass is 232 g/mol. The molecule has 1 aliphatic rings. The quantitative estimate of drug-likeness (QED) is 0.668. The van der Waals surface area contributed by atoms with E-state index in [1.54, 1.807) is 0 Å². The summed E-state index contributed by atoms with van der Waals surface area (Å²) in [4.78, 5) is 6.95. The third kappa shape index (κ3) is 3.09. The highest BCUT2D eigenvalue weighted by molar-refractivity contribution is 5.90. The molecule has 0 aliphatic carbocycles. The fraction of sp³-hybridized carbons (Fsp3) is 0.533. The fourth-order valence-corrected chi connectivity index (χ4v) is 2.17. The number of aliphatic imine (C=N–C) groups is 1. The Kier molecular flexibility index (Phi) is 4.33. The first-order valence-corrected chi connectivity index (χ1v) is 6.20. The van der Waals surface area contributed by atoms with E-state index in [0.29, 0.717) is 0 Å². The normalized spacial score (nSPS) is 21.2. The van der Waals surface area contributed by atoms with Crippen molar-refractivity contribution in [2.45, 2.75) is 40.5 Å². The van der Waals surface area contributed by atoms with Crippen LogP contribution in [0.4, 0.5) is 0 Å². The Hall–Kier alpha value is -1.31. The second-order valence-corrected chi connectivity index (χ2v) is 5.39. The largest absolute Gasteiger partial charge is 0.337 e. The molecule has 0 saturated carbocycles. The highest BCUT2D eigenvalue weighted by atomic mass is 15.2. The lowest BCUT2D eigenvalue weighted by atomic mass is 9.82. The van der Waals surface area contributed by atoms with E-state index >= 15 is 0 Å². The average molecular weight is 232 g/mol. The summed E-state index contributed by atoms with van der Waals surface area (Å²) in [6.07, 6.45) is 6.07. The van der Waals surface area contributed by atoms with Crippen LogP contribution in [-0.2, 0) is 0 Å². The van der Waals surface area contributed by atoms with Gasteiger partial charge in [0.1, 0.15) is 5.84 Å². The summed E-state index contributed by atoms with van der Waals surface area (Å²) in [7, 11) is 0. The van der Waals surface area contributed by atoms with Crippen LogP contribution in [-0.4, -0.2) is 17.3 Å². The van der Waals surface area contributed by atoms with Crippen LogP contribution in [0.15, 0.2) is 41.7 Å². The molecule has 0 unspecified atom stereocenters. The van der Waals surface area contributed by atoms with E-state index in [1.807, 2.05) is 12.3 Å². The minimum atomic E-state index is 0.107. The van der Waals surface area contributed by atoms with Crippen LogP contribution in [0.1, 0.15) is 40.5 Å². The molecule has 0 N–H and O–H groups in total. The van der Waals surface area contributed by atoms with Gasteiger partial charge in [0.05, 0.1) is 5.70 Å². The summed E-state index contributed by atoms with van der Waals surface area (Å²) in [6.45, 7) is 17.3. The number of likely N-dealkylation sites (tertiary alicyclic amines) is 1. The second-order valence-electron chi connectivity index (χ2n) is 5.39. The van der Waals surface area contributed by atoms with Crippen molar-refractivity contribution in [2.24, 2.45) is 10.4 Å². The predicted molar refractivity (Wildman–Crippen MR) is 75.9 cm³/mol. The lowest BCUT2D eigenvalue weighted by Crippen LogP contribution is -2.43. The third-order valence-corrected chi connectivity index (χ3v) is 3.23. The number of amidine groups is 1. The molecule has 0 atom stereocenters. The maximum atomic E-state index is 4.79. The molecule has 0 radical (unpaired) electrons. The molecule has 2 heteroatoms. The standard InChI is InChI=1S/C15H24N2/c1-7-13(12(3)4)16-14-15(5,6)10-9-11-17(14)8-2/h7-8H,1-2,9-11H2,3-6H3. The van der Waals surface area contributed by atoms with Crippen molar-refractivity contribution in [3.63, 3.8) is 0 Å². The van der Waals surface area contributed by atoms with Gasteiger partial charge in [0.15, 0.2) is 0 Å². The Morgan fingerprint density at radius 1 is 1.35 bits per heavy atom. The van der Waals surface area contributed by atoms with Crippen LogP contribution in [0.2, 0.25) is 0 Å². The van der Waals surface area contributed by atoms with Crippen LogP contribution >= 0.6 is 0 Å². The van der Waals surface area contributed by atoms with Gasteiger partial charge in [-0.2, -0.15) is 0 Å². The lowest BCUT2D eigenvalue weighted by Gasteiger charge is -2.39. The van der Waals surface area contributed by atoms with Gasteiger partial charge in [-0.3, -0.25) is 0 Å². The van der Waals surface area contributed by atoms with E-state index in [2.05, 4.69) is 45.8 Å². The van der Waals surface area contributed by atoms with Crippen LogP contribution < -0.4 is 0 Å². The van der Waals surface area contributed by atoms with Gasteiger partial charge in [0, 0.05) is 12.0 Å². The summed E-state index contributed by atoms with van der Waals surface area (Å²) >= 11 is 0. The fourth-order valence-electron chi connectivity index (χ4n) is 2.17. The van der Waals surface area contributed by atoms with E-state index in [9.17, 15) is 0 Å². The molecule has 1 fully saturated rings. The van der Waals surface area contributed by atoms with Crippen LogP contribution in [0.5, 0.6) is 0 Å². The average Bonchev–Trinajstić information content (AvgIpc) is 2.25. The molecule has 0 amide bonds. The lowest BCUT2D eigenvalue weighted by molar-refractivity contribution is 0.328. The molecule has 1 rings (SSSR count). The summed E-state index contributed by atoms with van der Waals surface area (Å²) in [5.41, 5.74) is 2.27. The number of allylic oxidation sites excluding steroid dienone is 2. The molecule has 1 heterocycles. The molecule has 0 bridgehead atoms. The number of nitrogens with zero attached hydrogens (tertiary/aromatic N) is 2. The predicted octanol–water partition coefficient (Wildman–Crippen LogP) is 4.13. The summed E-state index contributed by atoms with van der Waals surface area (Å²) in [5, 5.41) is 0. The van der Waals surface area contributed by atoms with Gasteiger partial charge >= 0.3 is 0 Å². The Bertz CT molecular complexity index is 368. The highest BCUT2D eigenvalue weighted by Gasteiger charge is 2.32. The topological polar surface area (TPSA) is 15.6 Å². The molecule has 0 aromatic rings. The first kappa shape index (κ1) is 13.8. The minimum absolute atomic E-state index is 0.107. The third-order valence-electron chi connectivity index (χ3n) is 3.23. The van der Waals surface area contributed by atoms with E-state index in [-0.39, 0.29) is 5.41 Å². The Balaban J connectivity index is 3.20. The minimum Gasteiger partial charge on any atom is -0.337 e. The van der Waals surface area contributed by atoms with Gasteiger partial charge in [-0.1, -0.05) is 32.6 Å². The second kappa shape index (κ2) is 5.35. The Morgan fingerprint density at radius 3 is 2.47 bits per heavy atom. The molecule has 2 nitrogen and oxygen atoms in total. The van der Waals surface area contributed by atoms with Crippen LogP contribution in [0.3, 0.4) is 0 Å². The zero-order chi connectivity index (χ0) is 13.1. The molecule has 0 spiro atoms. The number of rotatable bonds is 3. The van der Waals surface area contributed by atoms with Crippen molar-refractivity contribution in [3.05, 3.63) is 36.7 Å². The maximum Gasteiger partial charge on any atom is 0.114 e. The van der Waals surface area contributed by atoms with Gasteiger partial charge in [-0.25, -0.2) is 4.99 Å². The molecule has 94 valence electrons. The van der Waals surface area contributed by atoms with Crippen molar-refractivity contribution >= 4 is 5.84 Å². The maximum absolute atomic E-state index is 4.79. The van der Waals surface area contributed by atoms with Gasteiger partial charge in [-0.15, -0.1) is 0 Å². The van der Waals surface area contributed by atoms with Crippen LogP contribution in [0.25, 0.3) is 0 Å². The van der Waals surface area contributed by atoms with E-state index in [0.717, 1.165) is 18.1 Å². The van der Waals surface area contributed by atoms with E-state index in [1.165, 1.54) is 18.4 Å². The zero-order valence-corrected chi connectivity index (χ0v) is 11.6. The highest BCUT2D eigenvalue weighted by Crippen LogP contribution is 2.32. The van der Waals surface area contributed by atoms with E-state index < -0.39 is 0 Å². The van der Waals surface area contributed by atoms with Crippen molar-refractivity contribution < 1.29 is 0 Å². The number of hydrogen-bond donors (Lipinski definition) is 0. The molecule has 1 aliphatic heterocycles. The molecule has 17 heavy (non-hydrogen) atoms. The Morgan fingerprint density at radius 2 is 2.00 bits per heavy atom. The van der Waals surface area contributed by atoms with Crippen molar-refractivity contribution in [3.8, 4) is 0 Å². The van der Waals surface area contributed by atoms with Gasteiger partial charge in [-0.05, 0) is 39.0 Å². The molecule has 1 saturated heterocycles. The first-order valence-electron chi connectivity index (χ1n) is 6.20. The van der Waals surface area contributed by atoms with Gasteiger partial charge < -0.3 is 4.90 Å². The van der Waals surface area contributed by atoms with Gasteiger partial charge in [0.25, 0.3) is 0 Å². The van der Waals surface area contributed by atoms with Crippen LogP contribution in [0, 0.1) is 5.41 Å². The van der Waals surface area contributed by atoms with Crippen molar-refractivity contribution in [1.82, 2.24) is 4.90 Å². The smallest absolute Gasteiger partial charge is 0.114 e. The summed E-state index contributed by atoms with van der Waals surface area (Å²) in [5.74, 6) is 1.11. The Labute approximate surface area is 105 Å². The SMILES string of the molecule is C=CC(N=C1N(C=C)CCCC1(C)C)=C(C)C. The molecular formula is C15H24N2. The number of hydrogen-bond acceptors (Lipinski definition) is 1. The summed E-state index contributed by atoms with van der Waals surface area (Å²) in [6, 6.07) is 0. The first-order chi connectivity index (χ1) is 7.92. The molecule has 0 aromatic carbocycles.